The van der Waals surface area contributed by atoms with Crippen LogP contribution in [-0.2, 0) is 4.74 Å². The molecule has 1 heterocycles. The smallest absolute Gasteiger partial charge is 0.0474 e. The van der Waals surface area contributed by atoms with Crippen molar-refractivity contribution in [3.05, 3.63) is 0 Å². The molecule has 2 atom stereocenters. The zero-order chi connectivity index (χ0) is 12.0. The van der Waals surface area contributed by atoms with E-state index in [4.69, 9.17) is 4.74 Å². The van der Waals surface area contributed by atoms with Crippen molar-refractivity contribution < 1.29 is 4.74 Å². The third-order valence-corrected chi connectivity index (χ3v) is 3.88. The SMILES string of the molecule is CCC1CNC(C)(CC)CN1CCCOC. The van der Waals surface area contributed by atoms with Crippen LogP contribution < -0.4 is 5.32 Å². The molecule has 2 unspecified atom stereocenters. The van der Waals surface area contributed by atoms with Crippen molar-refractivity contribution in [3.63, 3.8) is 0 Å². The Labute approximate surface area is 101 Å². The Morgan fingerprint density at radius 3 is 2.75 bits per heavy atom. The second-order valence-electron chi connectivity index (χ2n) is 5.17. The highest BCUT2D eigenvalue weighted by Crippen LogP contribution is 2.20. The van der Waals surface area contributed by atoms with Crippen LogP contribution >= 0.6 is 0 Å². The molecule has 3 nitrogen and oxygen atoms in total. The summed E-state index contributed by atoms with van der Waals surface area (Å²) in [4.78, 5) is 2.64. The fraction of sp³-hybridized carbons (Fsp3) is 1.00. The normalized spacial score (nSPS) is 31.9. The van der Waals surface area contributed by atoms with Gasteiger partial charge in [0.15, 0.2) is 0 Å². The minimum atomic E-state index is 0.304. The molecule has 0 aromatic rings. The summed E-state index contributed by atoms with van der Waals surface area (Å²) in [5, 5.41) is 3.69. The lowest BCUT2D eigenvalue weighted by atomic mass is 9.92. The average Bonchev–Trinajstić information content (AvgIpc) is 2.30. The van der Waals surface area contributed by atoms with Crippen LogP contribution in [0.25, 0.3) is 0 Å². The minimum absolute atomic E-state index is 0.304. The highest BCUT2D eigenvalue weighted by molar-refractivity contribution is 4.93. The van der Waals surface area contributed by atoms with E-state index in [9.17, 15) is 0 Å². The third-order valence-electron chi connectivity index (χ3n) is 3.88. The number of rotatable bonds is 6. The van der Waals surface area contributed by atoms with E-state index in [-0.39, 0.29) is 0 Å². The van der Waals surface area contributed by atoms with Crippen molar-refractivity contribution in [2.45, 2.75) is 51.6 Å². The second-order valence-corrected chi connectivity index (χ2v) is 5.17. The standard InChI is InChI=1S/C13H28N2O/c1-5-12-10-14-13(3,6-2)11-15(12)8-7-9-16-4/h12,14H,5-11H2,1-4H3. The molecule has 96 valence electrons. The number of nitrogens with one attached hydrogen (secondary N) is 1. The molecule has 3 heteroatoms. The van der Waals surface area contributed by atoms with Crippen molar-refractivity contribution in [1.82, 2.24) is 10.2 Å². The van der Waals surface area contributed by atoms with Crippen LogP contribution in [0.15, 0.2) is 0 Å². The molecule has 0 aromatic heterocycles. The Hall–Kier alpha value is -0.120. The van der Waals surface area contributed by atoms with Gasteiger partial charge in [-0.1, -0.05) is 13.8 Å². The van der Waals surface area contributed by atoms with E-state index in [1.165, 1.54) is 25.9 Å². The summed E-state index contributed by atoms with van der Waals surface area (Å²) in [7, 11) is 1.78. The summed E-state index contributed by atoms with van der Waals surface area (Å²) in [6.07, 6.45) is 3.58. The van der Waals surface area contributed by atoms with Crippen molar-refractivity contribution >= 4 is 0 Å². The van der Waals surface area contributed by atoms with Gasteiger partial charge in [-0.05, 0) is 26.2 Å². The van der Waals surface area contributed by atoms with Gasteiger partial charge in [0.25, 0.3) is 0 Å². The Bertz CT molecular complexity index is 198. The maximum absolute atomic E-state index is 5.14. The highest BCUT2D eigenvalue weighted by Gasteiger charge is 2.33. The predicted octanol–water partition coefficient (Wildman–Crippen LogP) is 1.88. The largest absolute Gasteiger partial charge is 0.385 e. The maximum Gasteiger partial charge on any atom is 0.0474 e. The summed E-state index contributed by atoms with van der Waals surface area (Å²) in [6.45, 7) is 11.2. The number of piperazine rings is 1. The fourth-order valence-corrected chi connectivity index (χ4v) is 2.44. The van der Waals surface area contributed by atoms with Gasteiger partial charge in [-0.3, -0.25) is 4.90 Å². The first kappa shape index (κ1) is 13.9. The van der Waals surface area contributed by atoms with Crippen molar-refractivity contribution in [1.29, 1.82) is 0 Å². The fourth-order valence-electron chi connectivity index (χ4n) is 2.44. The van der Waals surface area contributed by atoms with E-state index >= 15 is 0 Å². The van der Waals surface area contributed by atoms with E-state index < -0.39 is 0 Å². The van der Waals surface area contributed by atoms with E-state index in [1.54, 1.807) is 7.11 Å². The van der Waals surface area contributed by atoms with Crippen LogP contribution in [0, 0.1) is 0 Å². The van der Waals surface area contributed by atoms with Crippen molar-refractivity contribution in [2.24, 2.45) is 0 Å². The summed E-state index contributed by atoms with van der Waals surface area (Å²) >= 11 is 0. The molecular weight excluding hydrogens is 200 g/mol. The molecule has 0 aromatic carbocycles. The van der Waals surface area contributed by atoms with Gasteiger partial charge in [0, 0.05) is 44.9 Å². The Morgan fingerprint density at radius 1 is 1.44 bits per heavy atom. The summed E-state index contributed by atoms with van der Waals surface area (Å²) in [6, 6.07) is 0.705. The molecule has 0 aliphatic carbocycles. The second kappa shape index (κ2) is 6.58. The van der Waals surface area contributed by atoms with Crippen LogP contribution in [0.1, 0.15) is 40.0 Å². The predicted molar refractivity (Wildman–Crippen MR) is 68.8 cm³/mol. The third kappa shape index (κ3) is 3.72. The first-order valence-electron chi connectivity index (χ1n) is 6.63. The monoisotopic (exact) mass is 228 g/mol. The Kier molecular flexibility index (Phi) is 5.73. The summed E-state index contributed by atoms with van der Waals surface area (Å²) in [5.74, 6) is 0. The number of methoxy groups -OCH3 is 1. The quantitative estimate of drug-likeness (QED) is 0.703. The lowest BCUT2D eigenvalue weighted by Gasteiger charge is -2.46. The van der Waals surface area contributed by atoms with Crippen LogP contribution in [-0.4, -0.2) is 49.8 Å². The number of hydrogen-bond acceptors (Lipinski definition) is 3. The molecule has 0 spiro atoms. The molecule has 1 rings (SSSR count). The molecular formula is C13H28N2O. The molecule has 16 heavy (non-hydrogen) atoms. The van der Waals surface area contributed by atoms with Gasteiger partial charge in [-0.15, -0.1) is 0 Å². The van der Waals surface area contributed by atoms with E-state index in [0.717, 1.165) is 19.6 Å². The van der Waals surface area contributed by atoms with Crippen molar-refractivity contribution in [2.75, 3.05) is 33.4 Å². The molecule has 0 saturated carbocycles. The van der Waals surface area contributed by atoms with Gasteiger partial charge in [0.05, 0.1) is 0 Å². The molecule has 0 amide bonds. The van der Waals surface area contributed by atoms with Crippen LogP contribution in [0.2, 0.25) is 0 Å². The first-order valence-corrected chi connectivity index (χ1v) is 6.63. The Morgan fingerprint density at radius 2 is 2.19 bits per heavy atom. The zero-order valence-corrected chi connectivity index (χ0v) is 11.4. The minimum Gasteiger partial charge on any atom is -0.385 e. The lowest BCUT2D eigenvalue weighted by Crippen LogP contribution is -2.62. The topological polar surface area (TPSA) is 24.5 Å². The van der Waals surface area contributed by atoms with Gasteiger partial charge >= 0.3 is 0 Å². The lowest BCUT2D eigenvalue weighted by molar-refractivity contribution is 0.0718. The van der Waals surface area contributed by atoms with Gasteiger partial charge in [-0.25, -0.2) is 0 Å². The van der Waals surface area contributed by atoms with Gasteiger partial charge in [0.1, 0.15) is 0 Å². The highest BCUT2D eigenvalue weighted by atomic mass is 16.5. The zero-order valence-electron chi connectivity index (χ0n) is 11.4. The van der Waals surface area contributed by atoms with E-state index in [0.29, 0.717) is 11.6 Å². The van der Waals surface area contributed by atoms with E-state index in [2.05, 4.69) is 31.0 Å². The first-order chi connectivity index (χ1) is 7.65. The molecule has 0 radical (unpaired) electrons. The van der Waals surface area contributed by atoms with Crippen LogP contribution in [0.5, 0.6) is 0 Å². The number of ether oxygens (including phenoxy) is 1. The van der Waals surface area contributed by atoms with Crippen LogP contribution in [0.4, 0.5) is 0 Å². The molecule has 1 aliphatic heterocycles. The Balaban J connectivity index is 2.47. The number of nitrogens with zero attached hydrogens (tertiary/aromatic N) is 1. The van der Waals surface area contributed by atoms with Gasteiger partial charge in [0.2, 0.25) is 0 Å². The molecule has 1 saturated heterocycles. The molecule has 1 N–H and O–H groups in total. The van der Waals surface area contributed by atoms with Crippen LogP contribution in [0.3, 0.4) is 0 Å². The van der Waals surface area contributed by atoms with Gasteiger partial charge < -0.3 is 10.1 Å². The maximum atomic E-state index is 5.14. The van der Waals surface area contributed by atoms with Crippen molar-refractivity contribution in [3.8, 4) is 0 Å². The molecule has 1 fully saturated rings. The van der Waals surface area contributed by atoms with Gasteiger partial charge in [-0.2, -0.15) is 0 Å². The molecule has 0 bridgehead atoms. The summed E-state index contributed by atoms with van der Waals surface area (Å²) < 4.78 is 5.14. The molecule has 1 aliphatic rings. The summed E-state index contributed by atoms with van der Waals surface area (Å²) in [5.41, 5.74) is 0.304. The van der Waals surface area contributed by atoms with E-state index in [1.807, 2.05) is 0 Å². The average molecular weight is 228 g/mol. The number of hydrogen-bond donors (Lipinski definition) is 1.